The van der Waals surface area contributed by atoms with Crippen molar-refractivity contribution in [1.82, 2.24) is 14.9 Å². The van der Waals surface area contributed by atoms with Crippen LogP contribution in [-0.4, -0.2) is 26.5 Å². The molecule has 1 amide bonds. The largest absolute Gasteiger partial charge is 0.469 e. The predicted octanol–water partition coefficient (Wildman–Crippen LogP) is 3.25. The Hall–Kier alpha value is -2.45. The summed E-state index contributed by atoms with van der Waals surface area (Å²) in [7, 11) is 0. The number of aryl methyl sites for hydroxylation is 2. The van der Waals surface area contributed by atoms with Gasteiger partial charge in [-0.25, -0.2) is 4.68 Å². The molecule has 7 nitrogen and oxygen atoms in total. The van der Waals surface area contributed by atoms with E-state index in [4.69, 9.17) is 21.9 Å². The highest BCUT2D eigenvalue weighted by molar-refractivity contribution is 7.99. The van der Waals surface area contributed by atoms with Gasteiger partial charge in [0, 0.05) is 10.7 Å². The Morgan fingerprint density at radius 2 is 2.16 bits per heavy atom. The summed E-state index contributed by atoms with van der Waals surface area (Å²) >= 11 is 7.25. The van der Waals surface area contributed by atoms with Gasteiger partial charge in [-0.3, -0.25) is 4.79 Å². The fraction of sp³-hybridized carbons (Fsp3) is 0.188. The average molecular weight is 378 g/mol. The molecule has 0 aliphatic rings. The molecule has 0 unspecified atom stereocenters. The van der Waals surface area contributed by atoms with Gasteiger partial charge in [-0.1, -0.05) is 29.4 Å². The smallest absolute Gasteiger partial charge is 0.234 e. The number of benzene rings is 1. The van der Waals surface area contributed by atoms with Gasteiger partial charge in [-0.05, 0) is 37.6 Å². The molecule has 0 saturated carbocycles. The summed E-state index contributed by atoms with van der Waals surface area (Å²) < 4.78 is 6.59. The van der Waals surface area contributed by atoms with Crippen molar-refractivity contribution in [1.29, 1.82) is 0 Å². The lowest BCUT2D eigenvalue weighted by molar-refractivity contribution is -0.113. The summed E-state index contributed by atoms with van der Waals surface area (Å²) in [6.45, 7) is 3.72. The van der Waals surface area contributed by atoms with E-state index in [0.29, 0.717) is 27.5 Å². The molecule has 3 rings (SSSR count). The third kappa shape index (κ3) is 3.80. The molecular weight excluding hydrogens is 362 g/mol. The maximum atomic E-state index is 12.1. The molecule has 1 aromatic carbocycles. The SMILES string of the molecule is Cc1ccc(NC(=O)CSc2nnc(-c3ccoc3C)n2N)cc1Cl. The third-order valence-electron chi connectivity index (χ3n) is 3.55. The van der Waals surface area contributed by atoms with E-state index < -0.39 is 0 Å². The van der Waals surface area contributed by atoms with Crippen LogP contribution in [0.15, 0.2) is 40.1 Å². The van der Waals surface area contributed by atoms with Gasteiger partial charge in [0.05, 0.1) is 17.6 Å². The van der Waals surface area contributed by atoms with Gasteiger partial charge in [0.15, 0.2) is 5.82 Å². The molecule has 25 heavy (non-hydrogen) atoms. The number of hydrogen-bond donors (Lipinski definition) is 2. The predicted molar refractivity (Wildman–Crippen MR) is 98.2 cm³/mol. The number of nitrogens with two attached hydrogens (primary N) is 1. The summed E-state index contributed by atoms with van der Waals surface area (Å²) in [5, 5.41) is 11.9. The minimum Gasteiger partial charge on any atom is -0.469 e. The molecule has 0 fully saturated rings. The molecular formula is C16H16ClN5O2S. The maximum absolute atomic E-state index is 12.1. The number of carbonyl (C=O) groups excluding carboxylic acids is 1. The lowest BCUT2D eigenvalue weighted by Crippen LogP contribution is -2.16. The monoisotopic (exact) mass is 377 g/mol. The van der Waals surface area contributed by atoms with Crippen molar-refractivity contribution in [3.63, 3.8) is 0 Å². The number of anilines is 1. The number of nitrogens with zero attached hydrogens (tertiary/aromatic N) is 3. The Kier molecular flexibility index (Phi) is 5.00. The average Bonchev–Trinajstić information content (AvgIpc) is 3.14. The minimum absolute atomic E-state index is 0.144. The van der Waals surface area contributed by atoms with Gasteiger partial charge in [-0.15, -0.1) is 10.2 Å². The minimum atomic E-state index is -0.186. The van der Waals surface area contributed by atoms with Crippen LogP contribution < -0.4 is 11.2 Å². The van der Waals surface area contributed by atoms with Crippen LogP contribution in [0.1, 0.15) is 11.3 Å². The van der Waals surface area contributed by atoms with Gasteiger partial charge >= 0.3 is 0 Å². The van der Waals surface area contributed by atoms with Crippen molar-refractivity contribution in [2.45, 2.75) is 19.0 Å². The fourth-order valence-electron chi connectivity index (χ4n) is 2.17. The van der Waals surface area contributed by atoms with E-state index in [-0.39, 0.29) is 11.7 Å². The van der Waals surface area contributed by atoms with Crippen LogP contribution in [0, 0.1) is 13.8 Å². The van der Waals surface area contributed by atoms with Gasteiger partial charge in [0.25, 0.3) is 0 Å². The molecule has 0 atom stereocenters. The van der Waals surface area contributed by atoms with E-state index in [2.05, 4.69) is 15.5 Å². The van der Waals surface area contributed by atoms with Crippen molar-refractivity contribution in [2.75, 3.05) is 16.9 Å². The second kappa shape index (κ2) is 7.20. The maximum Gasteiger partial charge on any atom is 0.234 e. The Labute approximate surface area is 153 Å². The molecule has 0 aliphatic heterocycles. The van der Waals surface area contributed by atoms with Gasteiger partial charge in [0.2, 0.25) is 11.1 Å². The molecule has 0 bridgehead atoms. The van der Waals surface area contributed by atoms with E-state index in [1.165, 1.54) is 16.4 Å². The molecule has 2 aromatic heterocycles. The van der Waals surface area contributed by atoms with Crippen LogP contribution in [0.3, 0.4) is 0 Å². The number of carbonyl (C=O) groups is 1. The molecule has 0 radical (unpaired) electrons. The van der Waals surface area contributed by atoms with E-state index in [9.17, 15) is 4.79 Å². The number of aromatic nitrogens is 3. The first-order chi connectivity index (χ1) is 12.0. The van der Waals surface area contributed by atoms with E-state index in [1.54, 1.807) is 24.5 Å². The second-order valence-electron chi connectivity index (χ2n) is 5.37. The normalized spacial score (nSPS) is 10.8. The first-order valence-electron chi connectivity index (χ1n) is 7.39. The quantitative estimate of drug-likeness (QED) is 0.523. The molecule has 9 heteroatoms. The third-order valence-corrected chi connectivity index (χ3v) is 4.90. The lowest BCUT2D eigenvalue weighted by Gasteiger charge is -2.07. The van der Waals surface area contributed by atoms with Crippen molar-refractivity contribution >= 4 is 35.0 Å². The molecule has 0 spiro atoms. The summed E-state index contributed by atoms with van der Waals surface area (Å²) in [6.07, 6.45) is 1.56. The molecule has 3 N–H and O–H groups in total. The summed E-state index contributed by atoms with van der Waals surface area (Å²) in [6, 6.07) is 7.13. The van der Waals surface area contributed by atoms with Crippen LogP contribution >= 0.6 is 23.4 Å². The number of hydrogen-bond acceptors (Lipinski definition) is 6. The Morgan fingerprint density at radius 1 is 1.36 bits per heavy atom. The number of amides is 1. The van der Waals surface area contributed by atoms with Gasteiger partial charge in [-0.2, -0.15) is 0 Å². The summed E-state index contributed by atoms with van der Waals surface area (Å²) in [4.78, 5) is 12.1. The zero-order valence-corrected chi connectivity index (χ0v) is 15.2. The molecule has 2 heterocycles. The van der Waals surface area contributed by atoms with Gasteiger partial charge < -0.3 is 15.6 Å². The fourth-order valence-corrected chi connectivity index (χ4v) is 3.01. The first kappa shape index (κ1) is 17.4. The number of nitrogens with one attached hydrogen (secondary N) is 1. The van der Waals surface area contributed by atoms with Gasteiger partial charge in [0.1, 0.15) is 5.76 Å². The highest BCUT2D eigenvalue weighted by Gasteiger charge is 2.16. The lowest BCUT2D eigenvalue weighted by atomic mass is 10.2. The standard InChI is InChI=1S/C16H16ClN5O2S/c1-9-3-4-11(7-13(9)17)19-14(23)8-25-16-21-20-15(22(16)18)12-5-6-24-10(12)2/h3-7H,8,18H2,1-2H3,(H,19,23). The van der Waals surface area contributed by atoms with Crippen LogP contribution in [0.4, 0.5) is 5.69 Å². The van der Waals surface area contributed by atoms with Crippen molar-refractivity contribution in [3.05, 3.63) is 46.9 Å². The number of furan rings is 1. The number of nitrogen functional groups attached to an aromatic ring is 1. The molecule has 3 aromatic rings. The highest BCUT2D eigenvalue weighted by atomic mass is 35.5. The summed E-state index contributed by atoms with van der Waals surface area (Å²) in [5.41, 5.74) is 2.36. The number of rotatable bonds is 5. The number of thioether (sulfide) groups is 1. The second-order valence-corrected chi connectivity index (χ2v) is 6.72. The molecule has 0 saturated heterocycles. The van der Waals surface area contributed by atoms with Crippen molar-refractivity contribution in [2.24, 2.45) is 0 Å². The van der Waals surface area contributed by atoms with E-state index in [0.717, 1.165) is 11.1 Å². The number of halogens is 1. The van der Waals surface area contributed by atoms with E-state index in [1.807, 2.05) is 19.9 Å². The summed E-state index contributed by atoms with van der Waals surface area (Å²) in [5.74, 6) is 7.16. The first-order valence-corrected chi connectivity index (χ1v) is 8.76. The molecule has 0 aliphatic carbocycles. The Morgan fingerprint density at radius 3 is 2.84 bits per heavy atom. The zero-order chi connectivity index (χ0) is 18.0. The van der Waals surface area contributed by atoms with Crippen LogP contribution in [0.5, 0.6) is 0 Å². The van der Waals surface area contributed by atoms with Crippen LogP contribution in [0.25, 0.3) is 11.4 Å². The Balaban J connectivity index is 1.64. The highest BCUT2D eigenvalue weighted by Crippen LogP contribution is 2.25. The Bertz CT molecular complexity index is 921. The van der Waals surface area contributed by atoms with E-state index >= 15 is 0 Å². The topological polar surface area (TPSA) is 99.0 Å². The zero-order valence-electron chi connectivity index (χ0n) is 13.6. The van der Waals surface area contributed by atoms with Crippen LogP contribution in [0.2, 0.25) is 5.02 Å². The van der Waals surface area contributed by atoms with Crippen molar-refractivity contribution < 1.29 is 9.21 Å². The van der Waals surface area contributed by atoms with Crippen molar-refractivity contribution in [3.8, 4) is 11.4 Å². The van der Waals surface area contributed by atoms with Crippen LogP contribution in [-0.2, 0) is 4.79 Å². The molecule has 130 valence electrons.